The lowest BCUT2D eigenvalue weighted by Crippen LogP contribution is -2.55. The first-order chi connectivity index (χ1) is 26.9. The van der Waals surface area contributed by atoms with Gasteiger partial charge in [-0.3, -0.25) is 0 Å². The predicted octanol–water partition coefficient (Wildman–Crippen LogP) is 2.83. The lowest BCUT2D eigenvalue weighted by atomic mass is 9.60. The van der Waals surface area contributed by atoms with Crippen LogP contribution in [0.15, 0.2) is 144 Å². The van der Waals surface area contributed by atoms with Crippen LogP contribution in [-0.2, 0) is 0 Å². The van der Waals surface area contributed by atoms with E-state index in [1.165, 1.54) is 49.2 Å². The summed E-state index contributed by atoms with van der Waals surface area (Å²) in [7, 11) is 10.9. The minimum absolute atomic E-state index is 0.627. The molecule has 7 aromatic carbocycles. The maximum absolute atomic E-state index is 6.79. The second-order valence-electron chi connectivity index (χ2n) is 14.6. The molecule has 0 N–H and O–H groups in total. The van der Waals surface area contributed by atoms with E-state index in [0.717, 1.165) is 55.3 Å². The molecule has 5 nitrogen and oxygen atoms in total. The third kappa shape index (κ3) is 5.27. The number of hydrogen-bond donors (Lipinski definition) is 0. The Balaban J connectivity index is 1.18. The summed E-state index contributed by atoms with van der Waals surface area (Å²) >= 11 is 0. The van der Waals surface area contributed by atoms with E-state index in [2.05, 4.69) is 165 Å². The monoisotopic (exact) mass is 700 g/mol. The van der Waals surface area contributed by atoms with E-state index in [1.54, 1.807) is 0 Å². The van der Waals surface area contributed by atoms with E-state index in [9.17, 15) is 0 Å². The van der Waals surface area contributed by atoms with Crippen molar-refractivity contribution in [2.75, 3.05) is 0 Å². The molecule has 0 aliphatic carbocycles. The first-order valence-electron chi connectivity index (χ1n) is 18.8. The fourth-order valence-corrected chi connectivity index (χ4v) is 8.31. The van der Waals surface area contributed by atoms with Crippen molar-refractivity contribution >= 4 is 110 Å². The maximum atomic E-state index is 6.79. The Hall–Kier alpha value is -6.53. The van der Waals surface area contributed by atoms with Gasteiger partial charge < -0.3 is 8.98 Å². The van der Waals surface area contributed by atoms with Crippen molar-refractivity contribution in [2.24, 2.45) is 0 Å². The van der Waals surface area contributed by atoms with Crippen LogP contribution < -0.4 is 27.3 Å². The summed E-state index contributed by atoms with van der Waals surface area (Å²) < 4.78 is 9.14. The molecule has 0 atom stereocenters. The van der Waals surface area contributed by atoms with Crippen molar-refractivity contribution in [3.05, 3.63) is 140 Å². The molecule has 0 unspecified atom stereocenters. The fraction of sp³-hybridized carbons (Fsp3) is 0. The smallest absolute Gasteiger partial charge is 0.164 e. The van der Waals surface area contributed by atoms with Crippen LogP contribution in [0.1, 0.15) is 0 Å². The Morgan fingerprint density at radius 3 is 1.73 bits per heavy atom. The van der Waals surface area contributed by atoms with Crippen LogP contribution in [-0.4, -0.2) is 58.8 Å². The van der Waals surface area contributed by atoms with E-state index < -0.39 is 0 Å². The van der Waals surface area contributed by atoms with Gasteiger partial charge >= 0.3 is 0 Å². The van der Waals surface area contributed by atoms with Crippen LogP contribution in [0.5, 0.6) is 0 Å². The maximum Gasteiger partial charge on any atom is 0.164 e. The standard InChI is InChI=1S/C45H33B5N4O/c46-37-36(38(47)40(49)41(50)39(37)48)45-52-43(25-12-5-2-6-13-25)51-44(53-45)27-19-21-35-31(22-27)30-15-9-17-33(42(30)55-35)54-32-16-8-7-14-28(32)29-20-18-26(23-34(29)54)24-10-3-1-4-11-24/h1-23H,46-50H2. The molecule has 10 rings (SSSR count). The van der Waals surface area contributed by atoms with Crippen molar-refractivity contribution in [1.82, 2.24) is 19.5 Å². The van der Waals surface area contributed by atoms with Gasteiger partial charge in [-0.05, 0) is 47.5 Å². The molecule has 3 aromatic heterocycles. The first-order valence-corrected chi connectivity index (χ1v) is 18.8. The van der Waals surface area contributed by atoms with Gasteiger partial charge in [0.25, 0.3) is 0 Å². The molecule has 55 heavy (non-hydrogen) atoms. The molecule has 0 spiro atoms. The summed E-state index contributed by atoms with van der Waals surface area (Å²) in [6, 6.07) is 48.8. The average Bonchev–Trinajstić information content (AvgIpc) is 3.78. The Morgan fingerprint density at radius 2 is 0.982 bits per heavy atom. The van der Waals surface area contributed by atoms with Crippen molar-refractivity contribution in [1.29, 1.82) is 0 Å². The molecule has 254 valence electrons. The SMILES string of the molecule is Bc1c(B)c(B)c(-c2nc(-c3ccccc3)nc(-c3ccc4oc5c(-n6c7ccccc7c7ccc(-c8ccccc8)cc76)cccc5c4c3)n2)c(B)c1B. The molecule has 0 saturated heterocycles. The topological polar surface area (TPSA) is 56.7 Å². The largest absolute Gasteiger partial charge is 0.454 e. The molecule has 0 aliphatic rings. The van der Waals surface area contributed by atoms with Gasteiger partial charge in [-0.1, -0.05) is 114 Å². The van der Waals surface area contributed by atoms with Gasteiger partial charge in [0.1, 0.15) is 44.8 Å². The zero-order chi connectivity index (χ0) is 37.4. The molecule has 0 bridgehead atoms. The van der Waals surface area contributed by atoms with E-state index in [4.69, 9.17) is 19.4 Å². The lowest BCUT2D eigenvalue weighted by Gasteiger charge is -2.20. The highest BCUT2D eigenvalue weighted by atomic mass is 16.3. The highest BCUT2D eigenvalue weighted by Crippen LogP contribution is 2.40. The summed E-state index contributed by atoms with van der Waals surface area (Å²) in [6.07, 6.45) is 0. The Morgan fingerprint density at radius 1 is 0.400 bits per heavy atom. The number of benzene rings is 7. The number of furan rings is 1. The number of nitrogens with zero attached hydrogens (tertiary/aromatic N) is 4. The van der Waals surface area contributed by atoms with Crippen LogP contribution in [0.2, 0.25) is 0 Å². The highest BCUT2D eigenvalue weighted by Gasteiger charge is 2.21. The van der Waals surface area contributed by atoms with Gasteiger partial charge in [-0.25, -0.2) is 15.0 Å². The Labute approximate surface area is 323 Å². The molecule has 10 aromatic rings. The third-order valence-electron chi connectivity index (χ3n) is 11.6. The normalized spacial score (nSPS) is 11.6. The highest BCUT2D eigenvalue weighted by molar-refractivity contribution is 6.68. The lowest BCUT2D eigenvalue weighted by molar-refractivity contribution is 0.666. The Bertz CT molecular complexity index is 3130. The summed E-state index contributed by atoms with van der Waals surface area (Å²) in [5.41, 5.74) is 16.4. The van der Waals surface area contributed by atoms with Crippen molar-refractivity contribution < 1.29 is 4.42 Å². The summed E-state index contributed by atoms with van der Waals surface area (Å²) in [5.74, 6) is 1.96. The van der Waals surface area contributed by atoms with Gasteiger partial charge in [0.15, 0.2) is 23.1 Å². The van der Waals surface area contributed by atoms with E-state index in [0.29, 0.717) is 17.5 Å². The molecule has 0 aliphatic heterocycles. The van der Waals surface area contributed by atoms with Crippen LogP contribution in [0.3, 0.4) is 0 Å². The molecule has 0 amide bonds. The quantitative estimate of drug-likeness (QED) is 0.260. The number of hydrogen-bond acceptors (Lipinski definition) is 4. The van der Waals surface area contributed by atoms with Crippen LogP contribution >= 0.6 is 0 Å². The van der Waals surface area contributed by atoms with Gasteiger partial charge in [0.05, 0.1) is 16.7 Å². The molecule has 0 fully saturated rings. The number of rotatable bonds is 5. The van der Waals surface area contributed by atoms with E-state index in [-0.39, 0.29) is 0 Å². The van der Waals surface area contributed by atoms with E-state index >= 15 is 0 Å². The van der Waals surface area contributed by atoms with Crippen LogP contribution in [0.25, 0.3) is 94.7 Å². The molecular formula is C45H33B5N4O. The molecule has 0 radical (unpaired) electrons. The fourth-order valence-electron chi connectivity index (χ4n) is 8.31. The van der Waals surface area contributed by atoms with Crippen LogP contribution in [0.4, 0.5) is 0 Å². The summed E-state index contributed by atoms with van der Waals surface area (Å²) in [6.45, 7) is 0. The van der Waals surface area contributed by atoms with Gasteiger partial charge in [-0.2, -0.15) is 0 Å². The van der Waals surface area contributed by atoms with Gasteiger partial charge in [0, 0.05) is 38.2 Å². The molecular weight excluding hydrogens is 667 g/mol. The average molecular weight is 700 g/mol. The van der Waals surface area contributed by atoms with Gasteiger partial charge in [0.2, 0.25) is 0 Å². The summed E-state index contributed by atoms with van der Waals surface area (Å²) in [4.78, 5) is 15.4. The molecule has 0 saturated carbocycles. The second-order valence-corrected chi connectivity index (χ2v) is 14.6. The van der Waals surface area contributed by atoms with Crippen molar-refractivity contribution in [2.45, 2.75) is 0 Å². The Kier molecular flexibility index (Phi) is 7.70. The molecule has 10 heteroatoms. The third-order valence-corrected chi connectivity index (χ3v) is 11.6. The van der Waals surface area contributed by atoms with E-state index in [1.807, 2.05) is 18.2 Å². The van der Waals surface area contributed by atoms with Crippen LogP contribution in [0, 0.1) is 0 Å². The molecule has 3 heterocycles. The zero-order valence-corrected chi connectivity index (χ0v) is 31.5. The van der Waals surface area contributed by atoms with Crippen molar-refractivity contribution in [3.8, 4) is 51.0 Å². The second kappa shape index (κ2) is 12.8. The number of aromatic nitrogens is 4. The van der Waals surface area contributed by atoms with Crippen molar-refractivity contribution in [3.63, 3.8) is 0 Å². The van der Waals surface area contributed by atoms with Gasteiger partial charge in [-0.15, -0.1) is 16.4 Å². The zero-order valence-electron chi connectivity index (χ0n) is 31.5. The number of fused-ring (bicyclic) bond motifs is 6. The number of para-hydroxylation sites is 2. The minimum atomic E-state index is 0.627. The predicted molar refractivity (Wildman–Crippen MR) is 244 cm³/mol. The minimum Gasteiger partial charge on any atom is -0.454 e. The first kappa shape index (κ1) is 33.1. The summed E-state index contributed by atoms with van der Waals surface area (Å²) in [5, 5.41) is 4.46.